The molecular weight excluding hydrogens is 308 g/mol. The molecule has 122 valence electrons. The number of hydrogen-bond donors (Lipinski definition) is 1. The molecule has 7 nitrogen and oxygen atoms in total. The third-order valence-electron chi connectivity index (χ3n) is 4.29. The minimum absolute atomic E-state index is 0.182. The summed E-state index contributed by atoms with van der Waals surface area (Å²) in [4.78, 5) is 28.5. The van der Waals surface area contributed by atoms with E-state index in [1.165, 1.54) is 4.90 Å². The van der Waals surface area contributed by atoms with Crippen LogP contribution in [-0.2, 0) is 15.1 Å². The molecule has 0 aromatic heterocycles. The maximum atomic E-state index is 12.0. The van der Waals surface area contributed by atoms with E-state index >= 15 is 0 Å². The highest BCUT2D eigenvalue weighted by atomic mass is 16.6. The lowest BCUT2D eigenvalue weighted by Crippen LogP contribution is -2.34. The molecule has 2 fully saturated rings. The monoisotopic (exact) mass is 324 g/mol. The van der Waals surface area contributed by atoms with Crippen LogP contribution in [0.25, 0.3) is 4.85 Å². The minimum atomic E-state index is -0.464. The molecule has 1 aromatic rings. The fraction of sp³-hybridized carbons (Fsp3) is 0.412. The second-order valence-corrected chi connectivity index (χ2v) is 5.95. The van der Waals surface area contributed by atoms with E-state index in [2.05, 4.69) is 10.2 Å². The van der Waals surface area contributed by atoms with Gasteiger partial charge in [0.2, 0.25) is 5.91 Å². The summed E-state index contributed by atoms with van der Waals surface area (Å²) in [5, 5.41) is 11.0. The largest absolute Gasteiger partial charge is 0.442 e. The second-order valence-electron chi connectivity index (χ2n) is 5.95. The molecule has 1 aliphatic heterocycles. The Hall–Kier alpha value is -3.06. The third kappa shape index (κ3) is 3.02. The summed E-state index contributed by atoms with van der Waals surface area (Å²) in [6.07, 6.45) is 0.638. The first kappa shape index (κ1) is 15.8. The molecule has 3 rings (SSSR count). The van der Waals surface area contributed by atoms with Crippen molar-refractivity contribution in [2.75, 3.05) is 18.0 Å². The number of benzene rings is 1. The number of nitrogens with one attached hydrogen (secondary N) is 1. The summed E-state index contributed by atoms with van der Waals surface area (Å²) in [5.41, 5.74) is 1.32. The smallest absolute Gasteiger partial charge is 0.414 e. The maximum Gasteiger partial charge on any atom is 0.414 e. The van der Waals surface area contributed by atoms with Gasteiger partial charge in [-0.15, -0.1) is 0 Å². The zero-order chi connectivity index (χ0) is 17.2. The Kier molecular flexibility index (Phi) is 4.09. The van der Waals surface area contributed by atoms with Gasteiger partial charge in [-0.05, 0) is 24.3 Å². The molecule has 1 atom stereocenters. The summed E-state index contributed by atoms with van der Waals surface area (Å²) in [7, 11) is 0. The highest BCUT2D eigenvalue weighted by molar-refractivity contribution is 5.89. The maximum absolute atomic E-state index is 12.0. The molecule has 0 radical (unpaired) electrons. The van der Waals surface area contributed by atoms with Crippen molar-refractivity contribution in [2.45, 2.75) is 30.9 Å². The van der Waals surface area contributed by atoms with Crippen molar-refractivity contribution in [3.8, 4) is 6.07 Å². The number of nitrogens with zero attached hydrogens (tertiary/aromatic N) is 3. The van der Waals surface area contributed by atoms with Crippen LogP contribution in [0.3, 0.4) is 0 Å². The Bertz CT molecular complexity index is 741. The zero-order valence-electron chi connectivity index (χ0n) is 13.0. The Labute approximate surface area is 139 Å². The van der Waals surface area contributed by atoms with Gasteiger partial charge in [0.05, 0.1) is 19.2 Å². The molecule has 1 N–H and O–H groups in total. The molecule has 1 heterocycles. The summed E-state index contributed by atoms with van der Waals surface area (Å²) in [6, 6.07) is 9.17. The van der Waals surface area contributed by atoms with Gasteiger partial charge in [-0.3, -0.25) is 9.69 Å². The number of carbonyl (C=O) groups excluding carboxylic acids is 2. The van der Waals surface area contributed by atoms with E-state index in [0.29, 0.717) is 12.2 Å². The summed E-state index contributed by atoms with van der Waals surface area (Å²) >= 11 is 0. The zero-order valence-corrected chi connectivity index (χ0v) is 13.0. The van der Waals surface area contributed by atoms with Crippen LogP contribution < -0.4 is 10.2 Å². The van der Waals surface area contributed by atoms with Gasteiger partial charge < -0.3 is 14.9 Å². The average Bonchev–Trinajstić information content (AvgIpc) is 3.30. The molecule has 0 unspecified atom stereocenters. The van der Waals surface area contributed by atoms with Gasteiger partial charge in [0.15, 0.2) is 0 Å². The Morgan fingerprint density at radius 3 is 2.75 bits per heavy atom. The molecule has 1 saturated carbocycles. The van der Waals surface area contributed by atoms with Crippen LogP contribution >= 0.6 is 0 Å². The third-order valence-corrected chi connectivity index (χ3v) is 4.29. The predicted octanol–water partition coefficient (Wildman–Crippen LogP) is 1.95. The van der Waals surface area contributed by atoms with Crippen LogP contribution in [0.1, 0.15) is 24.8 Å². The number of nitriles is 1. The molecule has 24 heavy (non-hydrogen) atoms. The van der Waals surface area contributed by atoms with Crippen molar-refractivity contribution in [2.24, 2.45) is 0 Å². The molecule has 7 heteroatoms. The second kappa shape index (κ2) is 6.21. The van der Waals surface area contributed by atoms with Crippen LogP contribution in [0.5, 0.6) is 0 Å². The number of cyclic esters (lactones) is 1. The molecule has 0 bridgehead atoms. The topological polar surface area (TPSA) is 86.8 Å². The number of ether oxygens (including phenoxy) is 1. The van der Waals surface area contributed by atoms with Crippen LogP contribution in [0.4, 0.5) is 10.5 Å². The van der Waals surface area contributed by atoms with Gasteiger partial charge in [0.25, 0.3) is 5.54 Å². The van der Waals surface area contributed by atoms with Gasteiger partial charge in [0.1, 0.15) is 12.5 Å². The first-order valence-corrected chi connectivity index (χ1v) is 7.69. The van der Waals surface area contributed by atoms with E-state index in [1.54, 1.807) is 6.07 Å². The quantitative estimate of drug-likeness (QED) is 0.839. The van der Waals surface area contributed by atoms with Gasteiger partial charge in [-0.25, -0.2) is 11.4 Å². The van der Waals surface area contributed by atoms with Crippen LogP contribution in [0.15, 0.2) is 24.3 Å². The molecule has 2 aliphatic rings. The minimum Gasteiger partial charge on any atom is -0.442 e. The SMILES string of the molecule is [C-]#[N+]C1(c2ccc(N3C[C@H](CNC(=O)CC#N)OC3=O)cc2)CC1. The number of amides is 2. The summed E-state index contributed by atoms with van der Waals surface area (Å²) < 4.78 is 5.23. The average molecular weight is 324 g/mol. The van der Waals surface area contributed by atoms with Crippen molar-refractivity contribution < 1.29 is 14.3 Å². The molecule has 0 spiro atoms. The lowest BCUT2D eigenvalue weighted by molar-refractivity contribution is -0.120. The fourth-order valence-electron chi connectivity index (χ4n) is 2.74. The van der Waals surface area contributed by atoms with Crippen molar-refractivity contribution in [1.29, 1.82) is 5.26 Å². The highest BCUT2D eigenvalue weighted by Crippen LogP contribution is 2.49. The number of hydrogen-bond acceptors (Lipinski definition) is 4. The molecule has 1 aromatic carbocycles. The molecular formula is C17H16N4O3. The predicted molar refractivity (Wildman–Crippen MR) is 84.8 cm³/mol. The van der Waals surface area contributed by atoms with Crippen molar-refractivity contribution in [3.05, 3.63) is 41.2 Å². The van der Waals surface area contributed by atoms with Crippen LogP contribution in [0, 0.1) is 17.9 Å². The van der Waals surface area contributed by atoms with Gasteiger partial charge in [-0.2, -0.15) is 5.26 Å². The Morgan fingerprint density at radius 2 is 2.17 bits per heavy atom. The van der Waals surface area contributed by atoms with E-state index in [9.17, 15) is 9.59 Å². The molecule has 1 aliphatic carbocycles. The summed E-state index contributed by atoms with van der Waals surface area (Å²) in [6.45, 7) is 7.80. The van der Waals surface area contributed by atoms with E-state index < -0.39 is 12.2 Å². The fourth-order valence-corrected chi connectivity index (χ4v) is 2.74. The van der Waals surface area contributed by atoms with Crippen LogP contribution in [0.2, 0.25) is 0 Å². The van der Waals surface area contributed by atoms with E-state index in [0.717, 1.165) is 18.4 Å². The van der Waals surface area contributed by atoms with Crippen molar-refractivity contribution in [1.82, 2.24) is 5.32 Å². The normalized spacial score (nSPS) is 20.7. The number of rotatable bonds is 5. The lowest BCUT2D eigenvalue weighted by atomic mass is 10.1. The Morgan fingerprint density at radius 1 is 1.46 bits per heavy atom. The van der Waals surface area contributed by atoms with Gasteiger partial charge in [0, 0.05) is 24.1 Å². The Balaban J connectivity index is 1.61. The molecule has 2 amide bonds. The first-order valence-electron chi connectivity index (χ1n) is 7.69. The highest BCUT2D eigenvalue weighted by Gasteiger charge is 2.52. The number of carbonyl (C=O) groups is 2. The van der Waals surface area contributed by atoms with Gasteiger partial charge in [-0.1, -0.05) is 0 Å². The van der Waals surface area contributed by atoms with Crippen molar-refractivity contribution >= 4 is 17.7 Å². The van der Waals surface area contributed by atoms with Crippen molar-refractivity contribution in [3.63, 3.8) is 0 Å². The van der Waals surface area contributed by atoms with Crippen LogP contribution in [-0.4, -0.2) is 31.2 Å². The van der Waals surface area contributed by atoms with E-state index in [-0.39, 0.29) is 24.4 Å². The standard InChI is InChI=1S/C17H16N4O3/c1-19-17(7-8-17)12-2-4-13(5-3-12)21-11-14(24-16(21)23)10-20-15(22)6-9-18/h2-5,14H,6-8,10-11H2,(H,20,22)/t14-/m0/s1. The number of anilines is 1. The van der Waals surface area contributed by atoms with Gasteiger partial charge >= 0.3 is 6.09 Å². The van der Waals surface area contributed by atoms with E-state index in [1.807, 2.05) is 24.3 Å². The lowest BCUT2D eigenvalue weighted by Gasteiger charge is -2.14. The molecule has 1 saturated heterocycles. The van der Waals surface area contributed by atoms with E-state index in [4.69, 9.17) is 16.6 Å². The first-order chi connectivity index (χ1) is 11.6. The summed E-state index contributed by atoms with van der Waals surface area (Å²) in [5.74, 6) is -0.384.